The molecule has 0 saturated heterocycles. The summed E-state index contributed by atoms with van der Waals surface area (Å²) >= 11 is 9.16. The van der Waals surface area contributed by atoms with Crippen molar-refractivity contribution >= 4 is 27.5 Å². The predicted octanol–water partition coefficient (Wildman–Crippen LogP) is 3.95. The van der Waals surface area contributed by atoms with Crippen LogP contribution in [0.1, 0.15) is 25.3 Å². The lowest BCUT2D eigenvalue weighted by Gasteiger charge is -2.13. The molecule has 1 unspecified atom stereocenters. The smallest absolute Gasteiger partial charge is 0.133 e. The van der Waals surface area contributed by atoms with Crippen molar-refractivity contribution < 1.29 is 4.74 Å². The maximum Gasteiger partial charge on any atom is 0.133 e. The molecule has 0 spiro atoms. The molecule has 1 N–H and O–H groups in total. The van der Waals surface area contributed by atoms with Gasteiger partial charge in [0.25, 0.3) is 0 Å². The van der Waals surface area contributed by atoms with Crippen molar-refractivity contribution in [3.63, 3.8) is 0 Å². The first-order chi connectivity index (χ1) is 8.17. The topological polar surface area (TPSA) is 21.3 Å². The minimum atomic E-state index is 0.495. The summed E-state index contributed by atoms with van der Waals surface area (Å²) in [7, 11) is 1.67. The summed E-state index contributed by atoms with van der Waals surface area (Å²) in [6.07, 6.45) is 2.17. The molecule has 0 aromatic heterocycles. The van der Waals surface area contributed by atoms with E-state index < -0.39 is 0 Å². The molecular weight excluding hydrogens is 302 g/mol. The third-order valence-electron chi connectivity index (χ3n) is 2.64. The average Bonchev–Trinajstić information content (AvgIpc) is 2.34. The monoisotopic (exact) mass is 319 g/mol. The van der Waals surface area contributed by atoms with Crippen LogP contribution in [0.4, 0.5) is 0 Å². The molecule has 0 aliphatic carbocycles. The van der Waals surface area contributed by atoms with E-state index in [2.05, 4.69) is 40.3 Å². The van der Waals surface area contributed by atoms with Gasteiger partial charge in [0.1, 0.15) is 5.75 Å². The molecule has 0 saturated carbocycles. The zero-order valence-electron chi connectivity index (χ0n) is 10.3. The van der Waals surface area contributed by atoms with E-state index in [4.69, 9.17) is 16.3 Å². The van der Waals surface area contributed by atoms with Crippen molar-refractivity contribution in [2.75, 3.05) is 13.0 Å². The molecule has 1 aromatic carbocycles. The fourth-order valence-electron chi connectivity index (χ4n) is 1.60. The van der Waals surface area contributed by atoms with Crippen LogP contribution in [0.5, 0.6) is 5.75 Å². The van der Waals surface area contributed by atoms with E-state index in [1.54, 1.807) is 7.11 Å². The number of hydrogen-bond acceptors (Lipinski definition) is 2. The Balaban J connectivity index is 2.44. The minimum absolute atomic E-state index is 0.495. The molecule has 0 aliphatic heterocycles. The van der Waals surface area contributed by atoms with Gasteiger partial charge in [0.05, 0.1) is 11.6 Å². The van der Waals surface area contributed by atoms with Gasteiger partial charge in [-0.15, -0.1) is 11.6 Å². The zero-order valence-corrected chi connectivity index (χ0v) is 12.6. The summed E-state index contributed by atoms with van der Waals surface area (Å²) in [6.45, 7) is 3.05. The highest BCUT2D eigenvalue weighted by atomic mass is 79.9. The van der Waals surface area contributed by atoms with Gasteiger partial charge in [-0.2, -0.15) is 0 Å². The maximum atomic E-state index is 5.67. The molecule has 17 heavy (non-hydrogen) atoms. The Morgan fingerprint density at radius 1 is 1.47 bits per heavy atom. The molecule has 0 fully saturated rings. The lowest BCUT2D eigenvalue weighted by atomic mass is 10.1. The molecule has 0 radical (unpaired) electrons. The Kier molecular flexibility index (Phi) is 6.93. The number of ether oxygens (including phenoxy) is 1. The van der Waals surface area contributed by atoms with Crippen LogP contribution in [-0.2, 0) is 6.54 Å². The van der Waals surface area contributed by atoms with Crippen LogP contribution in [0.2, 0.25) is 0 Å². The van der Waals surface area contributed by atoms with Crippen molar-refractivity contribution in [3.05, 3.63) is 28.2 Å². The number of methoxy groups -OCH3 is 1. The van der Waals surface area contributed by atoms with E-state index in [1.165, 1.54) is 5.56 Å². The van der Waals surface area contributed by atoms with Crippen LogP contribution >= 0.6 is 27.5 Å². The van der Waals surface area contributed by atoms with Gasteiger partial charge in [-0.25, -0.2) is 0 Å². The first kappa shape index (κ1) is 14.8. The fraction of sp³-hybridized carbons (Fsp3) is 0.538. The molecule has 0 bridgehead atoms. The third kappa shape index (κ3) is 5.28. The highest BCUT2D eigenvalue weighted by molar-refractivity contribution is 9.10. The van der Waals surface area contributed by atoms with Gasteiger partial charge < -0.3 is 10.1 Å². The molecule has 2 nitrogen and oxygen atoms in total. The van der Waals surface area contributed by atoms with Gasteiger partial charge in [-0.05, 0) is 53.4 Å². The molecule has 96 valence electrons. The van der Waals surface area contributed by atoms with Gasteiger partial charge in [-0.1, -0.05) is 6.07 Å². The Labute approximate surface area is 117 Å². The summed E-state index contributed by atoms with van der Waals surface area (Å²) in [5.41, 5.74) is 1.25. The second-order valence-electron chi connectivity index (χ2n) is 4.08. The van der Waals surface area contributed by atoms with E-state index in [9.17, 15) is 0 Å². The van der Waals surface area contributed by atoms with Crippen molar-refractivity contribution in [2.24, 2.45) is 0 Å². The molecule has 4 heteroatoms. The van der Waals surface area contributed by atoms with Gasteiger partial charge in [0, 0.05) is 18.5 Å². The average molecular weight is 321 g/mol. The number of benzene rings is 1. The van der Waals surface area contributed by atoms with Crippen molar-refractivity contribution in [3.8, 4) is 5.75 Å². The summed E-state index contributed by atoms with van der Waals surface area (Å²) in [6, 6.07) is 6.63. The molecule has 1 atom stereocenters. The van der Waals surface area contributed by atoms with Gasteiger partial charge in [0.15, 0.2) is 0 Å². The maximum absolute atomic E-state index is 5.67. The standard InChI is InChI=1S/C13H19BrClNO/c1-10(4-3-7-15)16-9-11-5-6-13(17-2)12(14)8-11/h5-6,8,10,16H,3-4,7,9H2,1-2H3. The van der Waals surface area contributed by atoms with Gasteiger partial charge in [0.2, 0.25) is 0 Å². The molecule has 1 aromatic rings. The summed E-state index contributed by atoms with van der Waals surface area (Å²) in [5, 5.41) is 3.48. The molecule has 1 rings (SSSR count). The zero-order chi connectivity index (χ0) is 12.7. The SMILES string of the molecule is COc1ccc(CNC(C)CCCCl)cc1Br. The highest BCUT2D eigenvalue weighted by Gasteiger charge is 2.04. The largest absolute Gasteiger partial charge is 0.496 e. The van der Waals surface area contributed by atoms with Crippen LogP contribution in [0.3, 0.4) is 0 Å². The Morgan fingerprint density at radius 2 is 2.24 bits per heavy atom. The lowest BCUT2D eigenvalue weighted by Crippen LogP contribution is -2.25. The minimum Gasteiger partial charge on any atom is -0.496 e. The second kappa shape index (κ2) is 7.96. The first-order valence-corrected chi connectivity index (χ1v) is 7.12. The van der Waals surface area contributed by atoms with Crippen LogP contribution in [-0.4, -0.2) is 19.0 Å². The van der Waals surface area contributed by atoms with Crippen molar-refractivity contribution in [1.82, 2.24) is 5.32 Å². The number of nitrogens with one attached hydrogen (secondary N) is 1. The molecule has 0 aliphatic rings. The quantitative estimate of drug-likeness (QED) is 0.768. The molecular formula is C13H19BrClNO. The number of hydrogen-bond donors (Lipinski definition) is 1. The Bertz CT molecular complexity index is 346. The second-order valence-corrected chi connectivity index (χ2v) is 5.31. The van der Waals surface area contributed by atoms with Gasteiger partial charge >= 0.3 is 0 Å². The molecule has 0 heterocycles. The Morgan fingerprint density at radius 3 is 2.82 bits per heavy atom. The van der Waals surface area contributed by atoms with Crippen molar-refractivity contribution in [2.45, 2.75) is 32.4 Å². The van der Waals surface area contributed by atoms with Crippen LogP contribution in [0.15, 0.2) is 22.7 Å². The normalized spacial score (nSPS) is 12.5. The first-order valence-electron chi connectivity index (χ1n) is 5.79. The van der Waals surface area contributed by atoms with E-state index in [-0.39, 0.29) is 0 Å². The van der Waals surface area contributed by atoms with Crippen LogP contribution < -0.4 is 10.1 Å². The van der Waals surface area contributed by atoms with Crippen molar-refractivity contribution in [1.29, 1.82) is 0 Å². The van der Waals surface area contributed by atoms with Crippen LogP contribution in [0.25, 0.3) is 0 Å². The lowest BCUT2D eigenvalue weighted by molar-refractivity contribution is 0.412. The van der Waals surface area contributed by atoms with Gasteiger partial charge in [-0.3, -0.25) is 0 Å². The van der Waals surface area contributed by atoms with E-state index in [0.717, 1.165) is 35.5 Å². The van der Waals surface area contributed by atoms with E-state index in [1.807, 2.05) is 6.07 Å². The summed E-state index contributed by atoms with van der Waals surface area (Å²) in [4.78, 5) is 0. The number of rotatable bonds is 7. The summed E-state index contributed by atoms with van der Waals surface area (Å²) in [5.74, 6) is 1.60. The fourth-order valence-corrected chi connectivity index (χ4v) is 2.34. The van der Waals surface area contributed by atoms with E-state index in [0.29, 0.717) is 6.04 Å². The predicted molar refractivity (Wildman–Crippen MR) is 76.9 cm³/mol. The van der Waals surface area contributed by atoms with Crippen LogP contribution in [0, 0.1) is 0 Å². The molecule has 0 amide bonds. The Hall–Kier alpha value is -0.250. The van der Waals surface area contributed by atoms with E-state index >= 15 is 0 Å². The summed E-state index contributed by atoms with van der Waals surface area (Å²) < 4.78 is 6.19. The number of alkyl halides is 1. The third-order valence-corrected chi connectivity index (χ3v) is 3.53. The number of halogens is 2. The highest BCUT2D eigenvalue weighted by Crippen LogP contribution is 2.25.